The summed E-state index contributed by atoms with van der Waals surface area (Å²) in [4.78, 5) is 4.37. The summed E-state index contributed by atoms with van der Waals surface area (Å²) >= 11 is 5.99. The monoisotopic (exact) mass is 389 g/mol. The highest BCUT2D eigenvalue weighted by atomic mass is 35.5. The van der Waals surface area contributed by atoms with Gasteiger partial charge in [-0.05, 0) is 42.5 Å². The molecule has 0 radical (unpaired) electrons. The summed E-state index contributed by atoms with van der Waals surface area (Å²) in [5.74, 6) is -0.559. The highest BCUT2D eigenvalue weighted by Gasteiger charge is 2.28. The second-order valence-electron chi connectivity index (χ2n) is 5.90. The van der Waals surface area contributed by atoms with Crippen LogP contribution in [0.3, 0.4) is 0 Å². The molecule has 0 saturated heterocycles. The molecule has 0 unspecified atom stereocenters. The summed E-state index contributed by atoms with van der Waals surface area (Å²) < 4.78 is 38.0. The lowest BCUT2D eigenvalue weighted by molar-refractivity contribution is 0.593. The molecule has 2 aromatic carbocycles. The van der Waals surface area contributed by atoms with E-state index >= 15 is 0 Å². The lowest BCUT2D eigenvalue weighted by atomic mass is 10.1. The zero-order valence-electron chi connectivity index (χ0n) is 13.4. The van der Waals surface area contributed by atoms with Gasteiger partial charge >= 0.3 is 0 Å². The Labute approximate surface area is 154 Å². The lowest BCUT2D eigenvalue weighted by Crippen LogP contribution is -2.23. The molecule has 0 aliphatic carbocycles. The van der Waals surface area contributed by atoms with Crippen molar-refractivity contribution in [2.75, 3.05) is 11.2 Å². The highest BCUT2D eigenvalue weighted by Crippen LogP contribution is 2.28. The molecule has 0 bridgehead atoms. The fourth-order valence-corrected chi connectivity index (χ4v) is 4.57. The van der Waals surface area contributed by atoms with Crippen LogP contribution in [0, 0.1) is 5.82 Å². The molecular formula is C18H13ClFN3O2S. The quantitative estimate of drug-likeness (QED) is 0.530. The third kappa shape index (κ3) is 3.04. The second kappa shape index (κ2) is 6.34. The number of benzene rings is 2. The maximum atomic E-state index is 13.6. The minimum atomic E-state index is -3.41. The number of rotatable bonds is 2. The minimum absolute atomic E-state index is 0.0567. The SMILES string of the molecule is O=S1(=O)CCC(=NNc2ccnc3cc(Cl)ccc23)c2cc(F)ccc21. The van der Waals surface area contributed by atoms with Gasteiger partial charge in [0.05, 0.1) is 27.6 Å². The first-order chi connectivity index (χ1) is 12.4. The van der Waals surface area contributed by atoms with Crippen molar-refractivity contribution in [2.24, 2.45) is 5.10 Å². The second-order valence-corrected chi connectivity index (χ2v) is 8.41. The van der Waals surface area contributed by atoms with Gasteiger partial charge in [0.15, 0.2) is 9.84 Å². The van der Waals surface area contributed by atoms with Gasteiger partial charge in [-0.1, -0.05) is 11.6 Å². The largest absolute Gasteiger partial charge is 0.277 e. The number of nitrogens with one attached hydrogen (secondary N) is 1. The predicted molar refractivity (Wildman–Crippen MR) is 100.0 cm³/mol. The summed E-state index contributed by atoms with van der Waals surface area (Å²) in [5.41, 5.74) is 5.15. The van der Waals surface area contributed by atoms with Crippen LogP contribution in [0.2, 0.25) is 5.02 Å². The topological polar surface area (TPSA) is 71.4 Å². The van der Waals surface area contributed by atoms with Crippen molar-refractivity contribution in [1.29, 1.82) is 0 Å². The number of nitrogens with zero attached hydrogens (tertiary/aromatic N) is 2. The molecule has 26 heavy (non-hydrogen) atoms. The van der Waals surface area contributed by atoms with Gasteiger partial charge in [-0.2, -0.15) is 5.10 Å². The van der Waals surface area contributed by atoms with Crippen molar-refractivity contribution in [3.8, 4) is 0 Å². The molecule has 1 aromatic heterocycles. The van der Waals surface area contributed by atoms with Crippen LogP contribution in [0.15, 0.2) is 58.7 Å². The summed E-state index contributed by atoms with van der Waals surface area (Å²) in [6.45, 7) is 0. The normalized spacial score (nSPS) is 17.2. The number of halogens is 2. The van der Waals surface area contributed by atoms with Crippen LogP contribution in [0.1, 0.15) is 12.0 Å². The molecule has 0 saturated carbocycles. The number of hydrogen-bond donors (Lipinski definition) is 1. The number of sulfone groups is 1. The van der Waals surface area contributed by atoms with E-state index in [1.54, 1.807) is 24.4 Å². The van der Waals surface area contributed by atoms with Crippen LogP contribution < -0.4 is 5.43 Å². The number of hydrogen-bond acceptors (Lipinski definition) is 5. The van der Waals surface area contributed by atoms with E-state index < -0.39 is 15.7 Å². The Balaban J connectivity index is 1.76. The molecule has 0 fully saturated rings. The molecule has 4 rings (SSSR count). The predicted octanol–water partition coefficient (Wildman–Crippen LogP) is 4.02. The number of pyridine rings is 1. The van der Waals surface area contributed by atoms with E-state index in [1.807, 2.05) is 6.07 Å². The van der Waals surface area contributed by atoms with Crippen molar-refractivity contribution in [1.82, 2.24) is 4.98 Å². The van der Waals surface area contributed by atoms with Crippen LogP contribution >= 0.6 is 11.6 Å². The average molecular weight is 390 g/mol. The number of anilines is 1. The Kier molecular flexibility index (Phi) is 4.13. The van der Waals surface area contributed by atoms with Gasteiger partial charge in [-0.3, -0.25) is 10.4 Å². The van der Waals surface area contributed by atoms with E-state index in [0.29, 0.717) is 27.5 Å². The lowest BCUT2D eigenvalue weighted by Gasteiger charge is -2.18. The number of fused-ring (bicyclic) bond motifs is 2. The van der Waals surface area contributed by atoms with Gasteiger partial charge in [-0.15, -0.1) is 0 Å². The van der Waals surface area contributed by atoms with Crippen molar-refractivity contribution >= 4 is 43.7 Å². The Morgan fingerprint density at radius 2 is 2.00 bits per heavy atom. The Morgan fingerprint density at radius 3 is 2.85 bits per heavy atom. The fourth-order valence-electron chi connectivity index (χ4n) is 2.94. The molecular weight excluding hydrogens is 377 g/mol. The molecule has 3 aromatic rings. The van der Waals surface area contributed by atoms with E-state index in [4.69, 9.17) is 11.6 Å². The average Bonchev–Trinajstić information content (AvgIpc) is 2.60. The van der Waals surface area contributed by atoms with Gasteiger partial charge < -0.3 is 0 Å². The third-order valence-corrected chi connectivity index (χ3v) is 6.21. The fraction of sp³-hybridized carbons (Fsp3) is 0.111. The van der Waals surface area contributed by atoms with Crippen LogP contribution in [0.4, 0.5) is 10.1 Å². The van der Waals surface area contributed by atoms with E-state index in [1.165, 1.54) is 12.1 Å². The first-order valence-electron chi connectivity index (χ1n) is 7.83. The van der Waals surface area contributed by atoms with Gasteiger partial charge in [-0.25, -0.2) is 12.8 Å². The van der Waals surface area contributed by atoms with Crippen molar-refractivity contribution in [2.45, 2.75) is 11.3 Å². The van der Waals surface area contributed by atoms with Crippen LogP contribution in [-0.2, 0) is 9.84 Å². The number of aromatic nitrogens is 1. The summed E-state index contributed by atoms with van der Waals surface area (Å²) in [6, 6.07) is 10.7. The van der Waals surface area contributed by atoms with Gasteiger partial charge in [0, 0.05) is 28.6 Å². The Hall–Kier alpha value is -2.51. The van der Waals surface area contributed by atoms with Crippen molar-refractivity contribution in [3.63, 3.8) is 0 Å². The third-order valence-electron chi connectivity index (χ3n) is 4.21. The molecule has 0 atom stereocenters. The van der Waals surface area contributed by atoms with Gasteiger partial charge in [0.2, 0.25) is 0 Å². The van der Waals surface area contributed by atoms with Gasteiger partial charge in [0.25, 0.3) is 0 Å². The molecule has 8 heteroatoms. The van der Waals surface area contributed by atoms with Crippen LogP contribution in [-0.4, -0.2) is 24.9 Å². The number of hydrazone groups is 1. The maximum absolute atomic E-state index is 13.6. The molecule has 1 aliphatic rings. The Bertz CT molecular complexity index is 1160. The minimum Gasteiger partial charge on any atom is -0.277 e. The Morgan fingerprint density at radius 1 is 1.15 bits per heavy atom. The van der Waals surface area contributed by atoms with Gasteiger partial charge in [0.1, 0.15) is 5.82 Å². The molecule has 5 nitrogen and oxygen atoms in total. The molecule has 2 heterocycles. The first kappa shape index (κ1) is 16.9. The first-order valence-corrected chi connectivity index (χ1v) is 9.86. The standard InChI is InChI=1S/C18H13ClFN3O2S/c19-11-1-3-13-15(5-7-21-17(13)9-11)22-23-16-6-8-26(24,25)18-4-2-12(20)10-14(16)18/h1-5,7,9-10H,6,8H2,(H,21,22). The van der Waals surface area contributed by atoms with E-state index in [0.717, 1.165) is 11.5 Å². The molecule has 0 spiro atoms. The van der Waals surface area contributed by atoms with Crippen LogP contribution in [0.25, 0.3) is 10.9 Å². The summed E-state index contributed by atoms with van der Waals surface area (Å²) in [7, 11) is -3.41. The highest BCUT2D eigenvalue weighted by molar-refractivity contribution is 7.91. The van der Waals surface area contributed by atoms with E-state index in [9.17, 15) is 12.8 Å². The van der Waals surface area contributed by atoms with Crippen molar-refractivity contribution in [3.05, 3.63) is 65.1 Å². The summed E-state index contributed by atoms with van der Waals surface area (Å²) in [5, 5.41) is 5.75. The maximum Gasteiger partial charge on any atom is 0.179 e. The van der Waals surface area contributed by atoms with E-state index in [-0.39, 0.29) is 17.1 Å². The summed E-state index contributed by atoms with van der Waals surface area (Å²) in [6.07, 6.45) is 1.83. The molecule has 1 N–H and O–H groups in total. The van der Waals surface area contributed by atoms with Crippen molar-refractivity contribution < 1.29 is 12.8 Å². The zero-order chi connectivity index (χ0) is 18.3. The zero-order valence-corrected chi connectivity index (χ0v) is 15.0. The molecule has 0 amide bonds. The molecule has 132 valence electrons. The van der Waals surface area contributed by atoms with E-state index in [2.05, 4.69) is 15.5 Å². The van der Waals surface area contributed by atoms with Crippen LogP contribution in [0.5, 0.6) is 0 Å². The molecule has 1 aliphatic heterocycles. The smallest absolute Gasteiger partial charge is 0.179 e.